The van der Waals surface area contributed by atoms with Gasteiger partial charge in [-0.25, -0.2) is 4.79 Å². The fraction of sp³-hybridized carbons (Fsp3) is 0.846. The second kappa shape index (κ2) is 5.36. The maximum Gasteiger partial charge on any atom is 0.317 e. The van der Waals surface area contributed by atoms with Crippen LogP contribution in [0.2, 0.25) is 0 Å². The van der Waals surface area contributed by atoms with Crippen LogP contribution in [0.1, 0.15) is 26.2 Å². The smallest absolute Gasteiger partial charge is 0.317 e. The molecule has 6 nitrogen and oxygen atoms in total. The van der Waals surface area contributed by atoms with Crippen LogP contribution < -0.4 is 5.32 Å². The van der Waals surface area contributed by atoms with Crippen molar-refractivity contribution in [3.63, 3.8) is 0 Å². The van der Waals surface area contributed by atoms with Gasteiger partial charge in [0, 0.05) is 26.7 Å². The van der Waals surface area contributed by atoms with Gasteiger partial charge in [0.05, 0.1) is 11.5 Å². The van der Waals surface area contributed by atoms with Gasteiger partial charge < -0.3 is 20.1 Å². The van der Waals surface area contributed by atoms with Gasteiger partial charge in [-0.2, -0.15) is 0 Å². The maximum atomic E-state index is 12.0. The quantitative estimate of drug-likeness (QED) is 0.796. The van der Waals surface area contributed by atoms with Crippen molar-refractivity contribution in [3.8, 4) is 0 Å². The summed E-state index contributed by atoms with van der Waals surface area (Å²) in [7, 11) is 1.67. The normalized spacial score (nSPS) is 28.8. The highest BCUT2D eigenvalue weighted by Crippen LogP contribution is 2.34. The topological polar surface area (TPSA) is 78.9 Å². The summed E-state index contributed by atoms with van der Waals surface area (Å²) < 4.78 is 5.44. The number of ether oxygens (including phenoxy) is 1. The molecule has 0 spiro atoms. The lowest BCUT2D eigenvalue weighted by Gasteiger charge is -2.40. The van der Waals surface area contributed by atoms with Gasteiger partial charge in [0.1, 0.15) is 0 Å². The van der Waals surface area contributed by atoms with Crippen molar-refractivity contribution in [1.29, 1.82) is 0 Å². The molecule has 0 aromatic heterocycles. The van der Waals surface area contributed by atoms with E-state index in [-0.39, 0.29) is 17.6 Å². The van der Waals surface area contributed by atoms with E-state index in [2.05, 4.69) is 5.32 Å². The largest absolute Gasteiger partial charge is 0.481 e. The third-order valence-corrected chi connectivity index (χ3v) is 4.48. The Hall–Kier alpha value is -1.30. The lowest BCUT2D eigenvalue weighted by molar-refractivity contribution is -0.142. The van der Waals surface area contributed by atoms with Crippen LogP contribution in [0.3, 0.4) is 0 Å². The molecule has 6 heteroatoms. The van der Waals surface area contributed by atoms with Crippen molar-refractivity contribution >= 4 is 12.0 Å². The Balaban J connectivity index is 1.83. The number of nitrogens with one attached hydrogen (secondary N) is 1. The van der Waals surface area contributed by atoms with Crippen LogP contribution in [0.5, 0.6) is 0 Å². The van der Waals surface area contributed by atoms with E-state index in [9.17, 15) is 9.59 Å². The first-order valence-corrected chi connectivity index (χ1v) is 6.78. The van der Waals surface area contributed by atoms with Gasteiger partial charge in [-0.05, 0) is 25.2 Å². The summed E-state index contributed by atoms with van der Waals surface area (Å²) in [4.78, 5) is 24.6. The van der Waals surface area contributed by atoms with E-state index in [1.807, 2.05) is 6.92 Å². The zero-order valence-electron chi connectivity index (χ0n) is 11.5. The van der Waals surface area contributed by atoms with Crippen molar-refractivity contribution in [2.75, 3.05) is 26.7 Å². The van der Waals surface area contributed by atoms with Gasteiger partial charge in [0.2, 0.25) is 0 Å². The number of amides is 2. The number of carbonyl (C=O) groups excluding carboxylic acids is 1. The molecule has 1 heterocycles. The highest BCUT2D eigenvalue weighted by atomic mass is 16.5. The Morgan fingerprint density at radius 1 is 1.42 bits per heavy atom. The minimum Gasteiger partial charge on any atom is -0.481 e. The van der Waals surface area contributed by atoms with Crippen molar-refractivity contribution in [1.82, 2.24) is 10.2 Å². The molecule has 2 fully saturated rings. The summed E-state index contributed by atoms with van der Waals surface area (Å²) >= 11 is 0. The molecular weight excluding hydrogens is 248 g/mol. The van der Waals surface area contributed by atoms with Crippen LogP contribution in [0.25, 0.3) is 0 Å². The van der Waals surface area contributed by atoms with Crippen LogP contribution in [0.4, 0.5) is 4.79 Å². The third kappa shape index (κ3) is 2.83. The zero-order chi connectivity index (χ0) is 14.0. The third-order valence-electron chi connectivity index (χ3n) is 4.48. The molecule has 2 N–H and O–H groups in total. The van der Waals surface area contributed by atoms with Crippen LogP contribution in [-0.4, -0.2) is 54.4 Å². The molecule has 0 aromatic carbocycles. The van der Waals surface area contributed by atoms with Gasteiger partial charge in [0.15, 0.2) is 0 Å². The molecule has 2 amide bonds. The first-order chi connectivity index (χ1) is 8.97. The fourth-order valence-electron chi connectivity index (χ4n) is 2.83. The number of methoxy groups -OCH3 is 1. The Morgan fingerprint density at radius 3 is 2.53 bits per heavy atom. The number of carbonyl (C=O) groups is 2. The molecule has 1 aliphatic heterocycles. The van der Waals surface area contributed by atoms with Crippen molar-refractivity contribution in [2.45, 2.75) is 31.8 Å². The van der Waals surface area contributed by atoms with E-state index in [1.165, 1.54) is 0 Å². The number of rotatable bonds is 4. The van der Waals surface area contributed by atoms with Crippen molar-refractivity contribution in [3.05, 3.63) is 0 Å². The van der Waals surface area contributed by atoms with Crippen LogP contribution >= 0.6 is 0 Å². The standard InChI is InChI=1S/C13H22N2O4/c1-9-6-15(7-10(9)11(16)17)12(18)14-8-13(19-2)4-3-5-13/h9-10H,3-8H2,1-2H3,(H,14,18)(H,16,17)/t9-,10-/m1/s1. The molecule has 2 rings (SSSR count). The molecular formula is C13H22N2O4. The molecule has 19 heavy (non-hydrogen) atoms. The second-order valence-corrected chi connectivity index (χ2v) is 5.73. The summed E-state index contributed by atoms with van der Waals surface area (Å²) in [5, 5.41) is 11.9. The molecule has 0 aromatic rings. The monoisotopic (exact) mass is 270 g/mol. The Kier molecular flexibility index (Phi) is 3.99. The van der Waals surface area contributed by atoms with E-state index < -0.39 is 11.9 Å². The Morgan fingerprint density at radius 2 is 2.11 bits per heavy atom. The first-order valence-electron chi connectivity index (χ1n) is 6.78. The fourth-order valence-corrected chi connectivity index (χ4v) is 2.83. The molecule has 0 bridgehead atoms. The van der Waals surface area contributed by atoms with E-state index >= 15 is 0 Å². The number of nitrogens with zero attached hydrogens (tertiary/aromatic N) is 1. The predicted octanol–water partition coefficient (Wildman–Crippen LogP) is 0.918. The summed E-state index contributed by atoms with van der Waals surface area (Å²) in [5.41, 5.74) is -0.201. The molecule has 2 aliphatic rings. The van der Waals surface area contributed by atoms with Crippen molar-refractivity contribution < 1.29 is 19.4 Å². The highest BCUT2D eigenvalue weighted by Gasteiger charge is 2.40. The maximum absolute atomic E-state index is 12.0. The van der Waals surface area contributed by atoms with Gasteiger partial charge in [0.25, 0.3) is 0 Å². The lowest BCUT2D eigenvalue weighted by Crippen LogP contribution is -2.51. The van der Waals surface area contributed by atoms with E-state index in [0.717, 1.165) is 19.3 Å². The van der Waals surface area contributed by atoms with E-state index in [0.29, 0.717) is 19.6 Å². The predicted molar refractivity (Wildman–Crippen MR) is 68.9 cm³/mol. The number of carboxylic acid groups (broad SMARTS) is 1. The molecule has 2 atom stereocenters. The second-order valence-electron chi connectivity index (χ2n) is 5.73. The Bertz CT molecular complexity index is 362. The van der Waals surface area contributed by atoms with Gasteiger partial charge in [-0.3, -0.25) is 4.79 Å². The number of likely N-dealkylation sites (tertiary alicyclic amines) is 1. The van der Waals surface area contributed by atoms with Crippen molar-refractivity contribution in [2.24, 2.45) is 11.8 Å². The average molecular weight is 270 g/mol. The first kappa shape index (κ1) is 14.1. The number of carboxylic acids is 1. The number of aliphatic carboxylic acids is 1. The van der Waals surface area contributed by atoms with Crippen LogP contribution in [0, 0.1) is 11.8 Å². The molecule has 1 saturated heterocycles. The van der Waals surface area contributed by atoms with Gasteiger partial charge in [-0.15, -0.1) is 0 Å². The Labute approximate surface area is 113 Å². The summed E-state index contributed by atoms with van der Waals surface area (Å²) in [6.07, 6.45) is 3.07. The summed E-state index contributed by atoms with van der Waals surface area (Å²) in [6, 6.07) is -0.182. The number of hydrogen-bond acceptors (Lipinski definition) is 3. The summed E-state index contributed by atoms with van der Waals surface area (Å²) in [6.45, 7) is 3.17. The molecule has 0 unspecified atom stereocenters. The summed E-state index contributed by atoms with van der Waals surface area (Å²) in [5.74, 6) is -1.27. The van der Waals surface area contributed by atoms with Crippen LogP contribution in [0.15, 0.2) is 0 Å². The number of hydrogen-bond donors (Lipinski definition) is 2. The highest BCUT2D eigenvalue weighted by molar-refractivity contribution is 5.77. The minimum absolute atomic E-state index is 0.00309. The lowest BCUT2D eigenvalue weighted by atomic mass is 9.80. The van der Waals surface area contributed by atoms with E-state index in [1.54, 1.807) is 12.0 Å². The molecule has 108 valence electrons. The molecule has 1 saturated carbocycles. The molecule has 1 aliphatic carbocycles. The number of urea groups is 1. The van der Waals surface area contributed by atoms with Gasteiger partial charge in [-0.1, -0.05) is 6.92 Å². The van der Waals surface area contributed by atoms with Crippen LogP contribution in [-0.2, 0) is 9.53 Å². The zero-order valence-corrected chi connectivity index (χ0v) is 11.5. The SMILES string of the molecule is COC1(CNC(=O)N2C[C@@H](C)[C@H](C(=O)O)C2)CCC1. The van der Waals surface area contributed by atoms with Gasteiger partial charge >= 0.3 is 12.0 Å². The minimum atomic E-state index is -0.824. The van der Waals surface area contributed by atoms with E-state index in [4.69, 9.17) is 9.84 Å². The average Bonchev–Trinajstić information content (AvgIpc) is 2.70. The molecule has 0 radical (unpaired) electrons.